The molecule has 1 aromatic heterocycles. The lowest BCUT2D eigenvalue weighted by Gasteiger charge is -2.16. The molecule has 1 aliphatic rings. The van der Waals surface area contributed by atoms with Crippen LogP contribution in [0.5, 0.6) is 0 Å². The van der Waals surface area contributed by atoms with Gasteiger partial charge in [0.25, 0.3) is 5.91 Å². The van der Waals surface area contributed by atoms with E-state index in [9.17, 15) is 14.4 Å². The van der Waals surface area contributed by atoms with Crippen molar-refractivity contribution in [2.45, 2.75) is 38.6 Å². The van der Waals surface area contributed by atoms with Gasteiger partial charge in [-0.15, -0.1) is 11.3 Å². The monoisotopic (exact) mass is 461 g/mol. The summed E-state index contributed by atoms with van der Waals surface area (Å²) in [6, 6.07) is 18.7. The Kier molecular flexibility index (Phi) is 7.52. The fourth-order valence-electron chi connectivity index (χ4n) is 3.88. The molecule has 2 heterocycles. The maximum Gasteiger partial charge on any atom is 0.251 e. The van der Waals surface area contributed by atoms with E-state index < -0.39 is 0 Å². The molecule has 0 radical (unpaired) electrons. The van der Waals surface area contributed by atoms with Gasteiger partial charge in [-0.25, -0.2) is 0 Å². The smallest absolute Gasteiger partial charge is 0.251 e. The van der Waals surface area contributed by atoms with Crippen LogP contribution in [0, 0.1) is 0 Å². The summed E-state index contributed by atoms with van der Waals surface area (Å²) in [4.78, 5) is 40.0. The molecule has 170 valence electrons. The summed E-state index contributed by atoms with van der Waals surface area (Å²) in [5.41, 5.74) is 2.89. The molecule has 4 rings (SSSR count). The highest BCUT2D eigenvalue weighted by Crippen LogP contribution is 2.22. The van der Waals surface area contributed by atoms with Crippen molar-refractivity contribution >= 4 is 40.4 Å². The molecular weight excluding hydrogens is 434 g/mol. The average Bonchev–Trinajstić information content (AvgIpc) is 3.49. The van der Waals surface area contributed by atoms with Crippen molar-refractivity contribution in [3.63, 3.8) is 0 Å². The van der Waals surface area contributed by atoms with Gasteiger partial charge in [0.15, 0.2) is 0 Å². The van der Waals surface area contributed by atoms with Gasteiger partial charge in [-0.1, -0.05) is 24.3 Å². The Morgan fingerprint density at radius 2 is 1.91 bits per heavy atom. The first-order valence-electron chi connectivity index (χ1n) is 11.2. The predicted octanol–water partition coefficient (Wildman–Crippen LogP) is 4.77. The fourth-order valence-corrected chi connectivity index (χ4v) is 4.63. The lowest BCUT2D eigenvalue weighted by atomic mass is 10.1. The van der Waals surface area contributed by atoms with Crippen LogP contribution >= 0.6 is 11.3 Å². The first-order chi connectivity index (χ1) is 16.1. The number of carbonyl (C=O) groups excluding carboxylic acids is 3. The number of nitrogens with zero attached hydrogens (tertiary/aromatic N) is 1. The molecule has 1 saturated heterocycles. The number of rotatable bonds is 9. The summed E-state index contributed by atoms with van der Waals surface area (Å²) in [6.45, 7) is 1.09. The van der Waals surface area contributed by atoms with Crippen LogP contribution in [0.1, 0.15) is 46.5 Å². The zero-order valence-corrected chi connectivity index (χ0v) is 19.2. The second kappa shape index (κ2) is 10.9. The van der Waals surface area contributed by atoms with Crippen LogP contribution in [-0.4, -0.2) is 24.3 Å². The van der Waals surface area contributed by atoms with Crippen molar-refractivity contribution in [1.29, 1.82) is 0 Å². The van der Waals surface area contributed by atoms with Crippen LogP contribution in [0.4, 0.5) is 11.4 Å². The Labute approximate surface area is 197 Å². The Balaban J connectivity index is 1.28. The summed E-state index contributed by atoms with van der Waals surface area (Å²) in [5, 5.41) is 7.84. The topological polar surface area (TPSA) is 78.5 Å². The van der Waals surface area contributed by atoms with Crippen LogP contribution in [-0.2, 0) is 22.6 Å². The van der Waals surface area contributed by atoms with Crippen LogP contribution in [0.25, 0.3) is 0 Å². The van der Waals surface area contributed by atoms with Crippen LogP contribution in [0.3, 0.4) is 0 Å². The van der Waals surface area contributed by atoms with E-state index in [1.165, 1.54) is 4.88 Å². The maximum absolute atomic E-state index is 12.7. The first-order valence-corrected chi connectivity index (χ1v) is 12.1. The number of benzene rings is 2. The Hall–Kier alpha value is -3.45. The molecule has 33 heavy (non-hydrogen) atoms. The lowest BCUT2D eigenvalue weighted by molar-refractivity contribution is -0.117. The van der Waals surface area contributed by atoms with Gasteiger partial charge >= 0.3 is 0 Å². The number of amides is 3. The third-order valence-electron chi connectivity index (χ3n) is 5.56. The second-order valence-electron chi connectivity index (χ2n) is 8.06. The van der Waals surface area contributed by atoms with Gasteiger partial charge in [0, 0.05) is 47.7 Å². The molecule has 7 heteroatoms. The second-order valence-corrected chi connectivity index (χ2v) is 9.10. The number of thiophene rings is 1. The van der Waals surface area contributed by atoms with E-state index in [1.54, 1.807) is 40.5 Å². The van der Waals surface area contributed by atoms with Gasteiger partial charge in [-0.05, 0) is 66.6 Å². The molecule has 1 fully saturated rings. The third kappa shape index (κ3) is 6.29. The molecule has 3 aromatic rings. The van der Waals surface area contributed by atoms with Gasteiger partial charge in [-0.3, -0.25) is 14.4 Å². The van der Waals surface area contributed by atoms with Gasteiger partial charge in [0.2, 0.25) is 11.8 Å². The van der Waals surface area contributed by atoms with Gasteiger partial charge in [0.1, 0.15) is 0 Å². The lowest BCUT2D eigenvalue weighted by Crippen LogP contribution is -2.25. The molecule has 0 unspecified atom stereocenters. The molecule has 0 saturated carbocycles. The highest BCUT2D eigenvalue weighted by Gasteiger charge is 2.21. The Morgan fingerprint density at radius 1 is 1.03 bits per heavy atom. The van der Waals surface area contributed by atoms with Crippen LogP contribution in [0.15, 0.2) is 66.0 Å². The van der Waals surface area contributed by atoms with Gasteiger partial charge in [0.05, 0.1) is 0 Å². The summed E-state index contributed by atoms with van der Waals surface area (Å²) in [5.74, 6) is -0.134. The Bertz CT molecular complexity index is 1130. The largest absolute Gasteiger partial charge is 0.348 e. The number of aryl methyl sites for hydroxylation is 1. The zero-order chi connectivity index (χ0) is 23.0. The minimum atomic E-state index is -0.216. The molecule has 0 atom stereocenters. The number of hydrogen-bond donors (Lipinski definition) is 2. The van der Waals surface area contributed by atoms with E-state index in [1.807, 2.05) is 35.7 Å². The molecule has 3 amide bonds. The van der Waals surface area contributed by atoms with E-state index in [0.29, 0.717) is 30.6 Å². The maximum atomic E-state index is 12.7. The molecule has 1 aliphatic heterocycles. The van der Waals surface area contributed by atoms with Crippen molar-refractivity contribution in [3.05, 3.63) is 82.0 Å². The highest BCUT2D eigenvalue weighted by atomic mass is 32.1. The molecule has 0 spiro atoms. The molecule has 2 aromatic carbocycles. The van der Waals surface area contributed by atoms with E-state index in [0.717, 1.165) is 37.1 Å². The molecule has 2 N–H and O–H groups in total. The minimum absolute atomic E-state index is 0.0580. The molecule has 6 nitrogen and oxygen atoms in total. The highest BCUT2D eigenvalue weighted by molar-refractivity contribution is 7.09. The van der Waals surface area contributed by atoms with Crippen molar-refractivity contribution in [1.82, 2.24) is 5.32 Å². The molecular formula is C26H27N3O3S. The van der Waals surface area contributed by atoms with E-state index in [-0.39, 0.29) is 17.7 Å². The van der Waals surface area contributed by atoms with Crippen molar-refractivity contribution in [2.75, 3.05) is 16.8 Å². The summed E-state index contributed by atoms with van der Waals surface area (Å²) < 4.78 is 0. The zero-order valence-electron chi connectivity index (χ0n) is 18.4. The quantitative estimate of drug-likeness (QED) is 0.482. The van der Waals surface area contributed by atoms with Gasteiger partial charge < -0.3 is 15.5 Å². The number of anilines is 2. The average molecular weight is 462 g/mol. The van der Waals surface area contributed by atoms with Crippen molar-refractivity contribution in [2.24, 2.45) is 0 Å². The normalized spacial score (nSPS) is 13.2. The SMILES string of the molecule is O=C(CCCc1cccs1)Nc1cccc(C(=O)NCc2cccc(N3CCCC3=O)c2)c1. The summed E-state index contributed by atoms with van der Waals surface area (Å²) in [6.07, 6.45) is 3.57. The van der Waals surface area contributed by atoms with Crippen LogP contribution < -0.4 is 15.5 Å². The molecule has 0 aliphatic carbocycles. The van der Waals surface area contributed by atoms with E-state index >= 15 is 0 Å². The van der Waals surface area contributed by atoms with Crippen molar-refractivity contribution in [3.8, 4) is 0 Å². The Morgan fingerprint density at radius 3 is 2.70 bits per heavy atom. The summed E-state index contributed by atoms with van der Waals surface area (Å²) >= 11 is 1.70. The number of hydrogen-bond acceptors (Lipinski definition) is 4. The third-order valence-corrected chi connectivity index (χ3v) is 6.50. The van der Waals surface area contributed by atoms with Crippen molar-refractivity contribution < 1.29 is 14.4 Å². The summed E-state index contributed by atoms with van der Waals surface area (Å²) in [7, 11) is 0. The van der Waals surface area contributed by atoms with E-state index in [4.69, 9.17) is 0 Å². The minimum Gasteiger partial charge on any atom is -0.348 e. The van der Waals surface area contributed by atoms with Crippen LogP contribution in [0.2, 0.25) is 0 Å². The standard InChI is InChI=1S/C26H27N3O3S/c30-24(12-3-10-23-11-5-15-33-23)28-21-8-2-7-20(17-21)26(32)27-18-19-6-1-9-22(16-19)29-14-4-13-25(29)31/h1-2,5-9,11,15-17H,3-4,10,12-14,18H2,(H,27,32)(H,28,30). The number of nitrogens with one attached hydrogen (secondary N) is 2. The van der Waals surface area contributed by atoms with Gasteiger partial charge in [-0.2, -0.15) is 0 Å². The molecule has 0 bridgehead atoms. The fraction of sp³-hybridized carbons (Fsp3) is 0.269. The number of carbonyl (C=O) groups is 3. The van der Waals surface area contributed by atoms with E-state index in [2.05, 4.69) is 16.7 Å². The first kappa shape index (κ1) is 22.7. The predicted molar refractivity (Wildman–Crippen MR) is 132 cm³/mol.